The molecule has 4 rings (SSSR count). The maximum Gasteiger partial charge on any atom is 0.416 e. The number of fused-ring (bicyclic) bond motifs is 3. The SMILES string of the molecule is CC.CN1CCc2c(c3cc(C(F)(F)F)ccc3n2C#Cc2cccnc2)C1. The van der Waals surface area contributed by atoms with E-state index in [9.17, 15) is 13.2 Å². The fraction of sp³-hybridized carbons (Fsp3) is 0.318. The molecule has 0 fully saturated rings. The Labute approximate surface area is 162 Å². The lowest BCUT2D eigenvalue weighted by atomic mass is 10.0. The summed E-state index contributed by atoms with van der Waals surface area (Å²) in [5.74, 6) is 3.06. The van der Waals surface area contributed by atoms with Crippen LogP contribution in [-0.2, 0) is 19.1 Å². The molecule has 1 aliphatic heterocycles. The number of alkyl halides is 3. The van der Waals surface area contributed by atoms with Gasteiger partial charge in [0.05, 0.1) is 11.1 Å². The number of hydrogen-bond acceptors (Lipinski definition) is 2. The molecule has 0 aliphatic carbocycles. The van der Waals surface area contributed by atoms with Crippen molar-refractivity contribution in [2.24, 2.45) is 0 Å². The molecule has 0 amide bonds. The molecular weight excluding hydrogens is 363 g/mol. The lowest BCUT2D eigenvalue weighted by molar-refractivity contribution is -0.137. The molecule has 1 aliphatic rings. The Balaban J connectivity index is 0.00000109. The summed E-state index contributed by atoms with van der Waals surface area (Å²) in [6.07, 6.45) is -0.262. The van der Waals surface area contributed by atoms with E-state index in [2.05, 4.69) is 21.8 Å². The number of nitrogens with zero attached hydrogens (tertiary/aromatic N) is 3. The zero-order valence-electron chi connectivity index (χ0n) is 16.1. The normalized spacial score (nSPS) is 13.9. The molecule has 28 heavy (non-hydrogen) atoms. The van der Waals surface area contributed by atoms with E-state index in [1.54, 1.807) is 18.5 Å². The van der Waals surface area contributed by atoms with Gasteiger partial charge in [0, 0.05) is 54.6 Å². The van der Waals surface area contributed by atoms with Gasteiger partial charge in [0.15, 0.2) is 0 Å². The highest BCUT2D eigenvalue weighted by Crippen LogP contribution is 2.36. The van der Waals surface area contributed by atoms with Crippen molar-refractivity contribution < 1.29 is 13.2 Å². The van der Waals surface area contributed by atoms with Crippen LogP contribution in [0.5, 0.6) is 0 Å². The molecular formula is C22H22F3N3. The molecule has 0 radical (unpaired) electrons. The minimum absolute atomic E-state index is 0.620. The van der Waals surface area contributed by atoms with Gasteiger partial charge in [-0.2, -0.15) is 13.2 Å². The van der Waals surface area contributed by atoms with Gasteiger partial charge in [0.2, 0.25) is 0 Å². The maximum atomic E-state index is 13.1. The Hall–Kier alpha value is -2.78. The van der Waals surface area contributed by atoms with E-state index in [-0.39, 0.29) is 0 Å². The van der Waals surface area contributed by atoms with Gasteiger partial charge >= 0.3 is 6.18 Å². The van der Waals surface area contributed by atoms with E-state index in [0.717, 1.165) is 41.4 Å². The third kappa shape index (κ3) is 3.90. The van der Waals surface area contributed by atoms with Crippen molar-refractivity contribution in [3.05, 3.63) is 65.1 Å². The van der Waals surface area contributed by atoms with Gasteiger partial charge in [-0.1, -0.05) is 13.8 Å². The van der Waals surface area contributed by atoms with Crippen LogP contribution in [0.4, 0.5) is 13.2 Å². The number of pyridine rings is 1. The van der Waals surface area contributed by atoms with E-state index in [0.29, 0.717) is 11.9 Å². The first kappa shape index (κ1) is 20.0. The Morgan fingerprint density at radius 1 is 1.14 bits per heavy atom. The van der Waals surface area contributed by atoms with Crippen LogP contribution in [0.1, 0.15) is 36.2 Å². The zero-order chi connectivity index (χ0) is 20.3. The lowest BCUT2D eigenvalue weighted by Crippen LogP contribution is -2.27. The van der Waals surface area contributed by atoms with Crippen LogP contribution in [-0.4, -0.2) is 28.0 Å². The highest BCUT2D eigenvalue weighted by molar-refractivity contribution is 5.87. The second kappa shape index (κ2) is 8.07. The molecule has 0 saturated heterocycles. The van der Waals surface area contributed by atoms with Crippen LogP contribution < -0.4 is 0 Å². The van der Waals surface area contributed by atoms with Crippen LogP contribution in [0.2, 0.25) is 0 Å². The minimum Gasteiger partial charge on any atom is -0.302 e. The molecule has 0 atom stereocenters. The predicted molar refractivity (Wildman–Crippen MR) is 105 cm³/mol. The lowest BCUT2D eigenvalue weighted by Gasteiger charge is -2.23. The first-order valence-electron chi connectivity index (χ1n) is 9.27. The van der Waals surface area contributed by atoms with Crippen molar-refractivity contribution in [2.75, 3.05) is 13.6 Å². The Morgan fingerprint density at radius 2 is 1.93 bits per heavy atom. The van der Waals surface area contributed by atoms with Crippen molar-refractivity contribution in [3.63, 3.8) is 0 Å². The molecule has 146 valence electrons. The van der Waals surface area contributed by atoms with Gasteiger partial charge in [-0.15, -0.1) is 0 Å². The molecule has 3 heterocycles. The number of aromatic nitrogens is 2. The highest BCUT2D eigenvalue weighted by Gasteiger charge is 2.32. The van der Waals surface area contributed by atoms with E-state index in [1.165, 1.54) is 12.1 Å². The topological polar surface area (TPSA) is 21.1 Å². The van der Waals surface area contributed by atoms with E-state index in [4.69, 9.17) is 0 Å². The monoisotopic (exact) mass is 385 g/mol. The number of rotatable bonds is 0. The molecule has 1 aromatic carbocycles. The summed E-state index contributed by atoms with van der Waals surface area (Å²) in [7, 11) is 1.97. The standard InChI is InChI=1S/C20H16F3N3.C2H6/c1-25-9-7-19-17(13-25)16-11-15(20(21,22)23)4-5-18(16)26(19)10-6-14-3-2-8-24-12-14;1-2/h2-5,8,11-12H,7,9,13H2,1H3;1-2H3. The average Bonchev–Trinajstić information content (AvgIpc) is 3.00. The van der Waals surface area contributed by atoms with Gasteiger partial charge < -0.3 is 4.90 Å². The molecule has 0 N–H and O–H groups in total. The Bertz CT molecular complexity index is 1020. The fourth-order valence-electron chi connectivity index (χ4n) is 3.35. The molecule has 0 bridgehead atoms. The molecule has 3 nitrogen and oxygen atoms in total. The van der Waals surface area contributed by atoms with Crippen LogP contribution in [0.3, 0.4) is 0 Å². The first-order valence-corrected chi connectivity index (χ1v) is 9.27. The van der Waals surface area contributed by atoms with Gasteiger partial charge in [0.1, 0.15) is 0 Å². The van der Waals surface area contributed by atoms with Gasteiger partial charge in [-0.05, 0) is 48.9 Å². The summed E-state index contributed by atoms with van der Waals surface area (Å²) in [5.41, 5.74) is 2.78. The quantitative estimate of drug-likeness (QED) is 0.512. The minimum atomic E-state index is -4.36. The summed E-state index contributed by atoms with van der Waals surface area (Å²) in [6, 6.07) is 10.7. The van der Waals surface area contributed by atoms with E-state index >= 15 is 0 Å². The molecule has 6 heteroatoms. The van der Waals surface area contributed by atoms with Crippen molar-refractivity contribution >= 4 is 10.9 Å². The van der Waals surface area contributed by atoms with Crippen molar-refractivity contribution in [1.29, 1.82) is 0 Å². The van der Waals surface area contributed by atoms with Crippen LogP contribution in [0.15, 0.2) is 42.7 Å². The third-order valence-corrected chi connectivity index (χ3v) is 4.64. The van der Waals surface area contributed by atoms with Gasteiger partial charge in [-0.25, -0.2) is 0 Å². The van der Waals surface area contributed by atoms with Gasteiger partial charge in [-0.3, -0.25) is 9.55 Å². The molecule has 0 spiro atoms. The van der Waals surface area contributed by atoms with Crippen LogP contribution in [0.25, 0.3) is 10.9 Å². The largest absolute Gasteiger partial charge is 0.416 e. The van der Waals surface area contributed by atoms with Gasteiger partial charge in [0.25, 0.3) is 0 Å². The van der Waals surface area contributed by atoms with Crippen LogP contribution >= 0.6 is 0 Å². The molecule has 3 aromatic rings. The van der Waals surface area contributed by atoms with Crippen molar-refractivity contribution in [3.8, 4) is 12.0 Å². The summed E-state index contributed by atoms with van der Waals surface area (Å²) in [4.78, 5) is 6.15. The summed E-state index contributed by atoms with van der Waals surface area (Å²) < 4.78 is 41.3. The van der Waals surface area contributed by atoms with E-state index in [1.807, 2.05) is 31.5 Å². The van der Waals surface area contributed by atoms with Crippen molar-refractivity contribution in [2.45, 2.75) is 33.0 Å². The summed E-state index contributed by atoms with van der Waals surface area (Å²) in [5, 5.41) is 0.627. The smallest absolute Gasteiger partial charge is 0.302 e. The third-order valence-electron chi connectivity index (χ3n) is 4.64. The highest BCUT2D eigenvalue weighted by atomic mass is 19.4. The zero-order valence-corrected chi connectivity index (χ0v) is 16.1. The summed E-state index contributed by atoms with van der Waals surface area (Å²) >= 11 is 0. The Kier molecular flexibility index (Phi) is 5.76. The number of halogens is 3. The fourth-order valence-corrected chi connectivity index (χ4v) is 3.35. The number of benzene rings is 1. The van der Waals surface area contributed by atoms with E-state index < -0.39 is 11.7 Å². The van der Waals surface area contributed by atoms with Crippen molar-refractivity contribution in [1.82, 2.24) is 14.5 Å². The number of hydrogen-bond donors (Lipinski definition) is 0. The second-order valence-corrected chi connectivity index (χ2v) is 6.46. The molecule has 2 aromatic heterocycles. The second-order valence-electron chi connectivity index (χ2n) is 6.46. The molecule has 0 saturated carbocycles. The van der Waals surface area contributed by atoms with Crippen LogP contribution in [0, 0.1) is 12.0 Å². The predicted octanol–water partition coefficient (Wildman–Crippen LogP) is 4.93. The Morgan fingerprint density at radius 3 is 2.61 bits per heavy atom. The molecule has 0 unspecified atom stereocenters. The maximum absolute atomic E-state index is 13.1. The summed E-state index contributed by atoms with van der Waals surface area (Å²) in [6.45, 7) is 5.47. The average molecular weight is 385 g/mol. The number of likely N-dealkylation sites (N-methyl/N-ethyl adjacent to an activating group) is 1. The first-order chi connectivity index (χ1) is 13.4.